The highest BCUT2D eigenvalue weighted by Gasteiger charge is 2.26. The molecule has 2 atom stereocenters. The number of esters is 1. The van der Waals surface area contributed by atoms with Crippen molar-refractivity contribution >= 4 is 17.6 Å². The lowest BCUT2D eigenvalue weighted by atomic mass is 9.92. The van der Waals surface area contributed by atoms with Crippen LogP contribution in [0.2, 0.25) is 0 Å². The third-order valence-corrected chi connectivity index (χ3v) is 4.73. The number of anilines is 1. The second-order valence-corrected chi connectivity index (χ2v) is 7.30. The van der Waals surface area contributed by atoms with E-state index < -0.39 is 5.97 Å². The maximum absolute atomic E-state index is 12.5. The van der Waals surface area contributed by atoms with Crippen LogP contribution in [-0.2, 0) is 16.1 Å². The Hall–Kier alpha value is -2.76. The molecule has 6 nitrogen and oxygen atoms in total. The summed E-state index contributed by atoms with van der Waals surface area (Å²) in [5.41, 5.74) is 1.05. The molecule has 2 aromatic rings. The molecule has 1 N–H and O–H groups in total. The van der Waals surface area contributed by atoms with Gasteiger partial charge in [-0.2, -0.15) is 0 Å². The van der Waals surface area contributed by atoms with Crippen LogP contribution in [0.15, 0.2) is 47.1 Å². The summed E-state index contributed by atoms with van der Waals surface area (Å²) in [6.45, 7) is 5.96. The van der Waals surface area contributed by atoms with Crippen LogP contribution >= 0.6 is 0 Å². The first kappa shape index (κ1) is 19.0. The van der Waals surface area contributed by atoms with Gasteiger partial charge >= 0.3 is 5.97 Å². The summed E-state index contributed by atoms with van der Waals surface area (Å²) in [6, 6.07) is 10.8. The van der Waals surface area contributed by atoms with Crippen LogP contribution in [0.25, 0.3) is 0 Å². The van der Waals surface area contributed by atoms with E-state index in [1.54, 1.807) is 29.4 Å². The highest BCUT2D eigenvalue weighted by atomic mass is 16.5. The van der Waals surface area contributed by atoms with Gasteiger partial charge in [0.05, 0.1) is 18.4 Å². The van der Waals surface area contributed by atoms with E-state index in [-0.39, 0.29) is 12.5 Å². The Morgan fingerprint density at radius 3 is 2.59 bits per heavy atom. The average Bonchev–Trinajstić information content (AvgIpc) is 3.17. The van der Waals surface area contributed by atoms with Crippen LogP contribution in [0.5, 0.6) is 0 Å². The second-order valence-electron chi connectivity index (χ2n) is 7.30. The molecule has 1 aliphatic rings. The molecule has 0 bridgehead atoms. The highest BCUT2D eigenvalue weighted by molar-refractivity contribution is 5.96. The summed E-state index contributed by atoms with van der Waals surface area (Å²) in [6.07, 6.45) is 2.73. The van der Waals surface area contributed by atoms with Crippen LogP contribution in [0, 0.1) is 11.8 Å². The van der Waals surface area contributed by atoms with Crippen LogP contribution < -0.4 is 5.32 Å². The van der Waals surface area contributed by atoms with E-state index in [1.807, 2.05) is 18.2 Å². The van der Waals surface area contributed by atoms with Crippen molar-refractivity contribution in [2.75, 3.05) is 25.0 Å². The van der Waals surface area contributed by atoms with Gasteiger partial charge < -0.3 is 19.4 Å². The van der Waals surface area contributed by atoms with Gasteiger partial charge in [-0.25, -0.2) is 4.79 Å². The third-order valence-electron chi connectivity index (χ3n) is 4.73. The van der Waals surface area contributed by atoms with Crippen molar-refractivity contribution in [3.8, 4) is 0 Å². The quantitative estimate of drug-likeness (QED) is 0.788. The molecular weight excluding hydrogens is 344 g/mol. The van der Waals surface area contributed by atoms with Gasteiger partial charge in [0.25, 0.3) is 5.91 Å². The number of hydrogen-bond donors (Lipinski definition) is 1. The fourth-order valence-corrected chi connectivity index (χ4v) is 3.57. The molecule has 0 spiro atoms. The normalized spacial score (nSPS) is 19.6. The van der Waals surface area contributed by atoms with E-state index in [0.717, 1.165) is 25.3 Å². The Labute approximate surface area is 159 Å². The molecule has 0 unspecified atom stereocenters. The zero-order valence-electron chi connectivity index (χ0n) is 15.8. The van der Waals surface area contributed by atoms with Gasteiger partial charge in [-0.3, -0.25) is 4.79 Å². The SMILES string of the molecule is C[C@@H]1C[C@@H](C)CN(C(=O)COC(=O)c2ccccc2NCc2ccco2)C1. The minimum atomic E-state index is -0.510. The predicted molar refractivity (Wildman–Crippen MR) is 102 cm³/mol. The molecule has 0 saturated carbocycles. The topological polar surface area (TPSA) is 71.8 Å². The van der Waals surface area contributed by atoms with Gasteiger partial charge in [-0.05, 0) is 42.5 Å². The molecule has 1 amide bonds. The number of rotatable bonds is 6. The number of piperidine rings is 1. The number of para-hydroxylation sites is 1. The van der Waals surface area contributed by atoms with Crippen LogP contribution in [-0.4, -0.2) is 36.5 Å². The van der Waals surface area contributed by atoms with E-state index >= 15 is 0 Å². The van der Waals surface area contributed by atoms with Gasteiger partial charge in [-0.15, -0.1) is 0 Å². The first-order chi connectivity index (χ1) is 13.0. The highest BCUT2D eigenvalue weighted by Crippen LogP contribution is 2.21. The van der Waals surface area contributed by atoms with Crippen molar-refractivity contribution in [3.05, 3.63) is 54.0 Å². The lowest BCUT2D eigenvalue weighted by Gasteiger charge is -2.34. The van der Waals surface area contributed by atoms with Gasteiger partial charge in [0.1, 0.15) is 5.76 Å². The predicted octanol–water partition coefficient (Wildman–Crippen LogP) is 3.55. The molecular formula is C21H26N2O4. The van der Waals surface area contributed by atoms with Crippen molar-refractivity contribution in [2.45, 2.75) is 26.8 Å². The zero-order chi connectivity index (χ0) is 19.2. The van der Waals surface area contributed by atoms with Gasteiger partial charge in [-0.1, -0.05) is 26.0 Å². The van der Waals surface area contributed by atoms with Gasteiger partial charge in [0, 0.05) is 18.8 Å². The number of hydrogen-bond acceptors (Lipinski definition) is 5. The minimum Gasteiger partial charge on any atom is -0.467 e. The van der Waals surface area contributed by atoms with E-state index in [0.29, 0.717) is 29.6 Å². The average molecular weight is 370 g/mol. The molecule has 0 radical (unpaired) electrons. The molecule has 1 aliphatic heterocycles. The van der Waals surface area contributed by atoms with E-state index in [4.69, 9.17) is 9.15 Å². The molecule has 1 aromatic heterocycles. The summed E-state index contributed by atoms with van der Waals surface area (Å²) in [7, 11) is 0. The Balaban J connectivity index is 1.57. The summed E-state index contributed by atoms with van der Waals surface area (Å²) in [5, 5.41) is 3.17. The molecule has 1 saturated heterocycles. The van der Waals surface area contributed by atoms with E-state index in [1.165, 1.54) is 0 Å². The van der Waals surface area contributed by atoms with Crippen molar-refractivity contribution in [3.63, 3.8) is 0 Å². The zero-order valence-corrected chi connectivity index (χ0v) is 15.8. The van der Waals surface area contributed by atoms with Crippen LogP contribution in [0.4, 0.5) is 5.69 Å². The van der Waals surface area contributed by atoms with Crippen molar-refractivity contribution in [2.24, 2.45) is 11.8 Å². The summed E-state index contributed by atoms with van der Waals surface area (Å²) in [4.78, 5) is 26.7. The number of ether oxygens (including phenoxy) is 1. The number of nitrogens with zero attached hydrogens (tertiary/aromatic N) is 1. The number of amides is 1. The summed E-state index contributed by atoms with van der Waals surface area (Å²) in [5.74, 6) is 1.06. The first-order valence-corrected chi connectivity index (χ1v) is 9.33. The molecule has 3 rings (SSSR count). The van der Waals surface area contributed by atoms with Gasteiger partial charge in [0.15, 0.2) is 6.61 Å². The monoisotopic (exact) mass is 370 g/mol. The van der Waals surface area contributed by atoms with Crippen molar-refractivity contribution in [1.29, 1.82) is 0 Å². The van der Waals surface area contributed by atoms with Gasteiger partial charge in [0.2, 0.25) is 0 Å². The molecule has 1 aromatic carbocycles. The maximum atomic E-state index is 12.5. The maximum Gasteiger partial charge on any atom is 0.340 e. The molecule has 1 fully saturated rings. The number of furan rings is 1. The first-order valence-electron chi connectivity index (χ1n) is 9.33. The fourth-order valence-electron chi connectivity index (χ4n) is 3.57. The summed E-state index contributed by atoms with van der Waals surface area (Å²) < 4.78 is 10.6. The molecule has 144 valence electrons. The Morgan fingerprint density at radius 1 is 1.15 bits per heavy atom. The molecule has 27 heavy (non-hydrogen) atoms. The van der Waals surface area contributed by atoms with Crippen molar-refractivity contribution < 1.29 is 18.7 Å². The lowest BCUT2D eigenvalue weighted by molar-refractivity contribution is -0.137. The third kappa shape index (κ3) is 5.12. The Morgan fingerprint density at radius 2 is 1.89 bits per heavy atom. The fraction of sp³-hybridized carbons (Fsp3) is 0.429. The number of likely N-dealkylation sites (tertiary alicyclic amines) is 1. The Bertz CT molecular complexity index is 762. The van der Waals surface area contributed by atoms with Crippen LogP contribution in [0.1, 0.15) is 36.4 Å². The van der Waals surface area contributed by atoms with E-state index in [2.05, 4.69) is 19.2 Å². The number of benzene rings is 1. The lowest BCUT2D eigenvalue weighted by Crippen LogP contribution is -2.44. The molecule has 6 heteroatoms. The van der Waals surface area contributed by atoms with Crippen molar-refractivity contribution in [1.82, 2.24) is 4.90 Å². The second kappa shape index (κ2) is 8.75. The van der Waals surface area contributed by atoms with Crippen LogP contribution in [0.3, 0.4) is 0 Å². The molecule has 0 aliphatic carbocycles. The largest absolute Gasteiger partial charge is 0.467 e. The number of carbonyl (C=O) groups excluding carboxylic acids is 2. The number of carbonyl (C=O) groups is 2. The van der Waals surface area contributed by atoms with E-state index in [9.17, 15) is 9.59 Å². The molecule has 2 heterocycles. The Kier molecular flexibility index (Phi) is 6.16. The summed E-state index contributed by atoms with van der Waals surface area (Å²) >= 11 is 0. The minimum absolute atomic E-state index is 0.136. The smallest absolute Gasteiger partial charge is 0.340 e. The number of nitrogens with one attached hydrogen (secondary N) is 1. The standard InChI is InChI=1S/C21H26N2O4/c1-15-10-16(2)13-23(12-15)20(24)14-27-21(25)18-7-3-4-8-19(18)22-11-17-6-5-9-26-17/h3-9,15-16,22H,10-14H2,1-2H3/t15-,16-/m1/s1.